The summed E-state index contributed by atoms with van der Waals surface area (Å²) < 4.78 is 38.1. The fourth-order valence-electron chi connectivity index (χ4n) is 2.23. The second kappa shape index (κ2) is 6.08. The van der Waals surface area contributed by atoms with Gasteiger partial charge in [0, 0.05) is 11.6 Å². The van der Waals surface area contributed by atoms with Crippen LogP contribution in [0.2, 0.25) is 5.02 Å². The molecule has 112 valence electrons. The maximum absolute atomic E-state index is 12.7. The topological polar surface area (TPSA) is 12.0 Å². The first-order valence-electron chi connectivity index (χ1n) is 6.44. The van der Waals surface area contributed by atoms with Crippen LogP contribution in [0, 0.1) is 6.92 Å². The zero-order chi connectivity index (χ0) is 15.6. The number of hydrogen-bond acceptors (Lipinski definition) is 1. The highest BCUT2D eigenvalue weighted by molar-refractivity contribution is 6.31. The highest BCUT2D eigenvalue weighted by atomic mass is 35.5. The predicted octanol–water partition coefficient (Wildman–Crippen LogP) is 5.05. The van der Waals surface area contributed by atoms with Crippen LogP contribution in [-0.2, 0) is 12.7 Å². The summed E-state index contributed by atoms with van der Waals surface area (Å²) >= 11 is 6.10. The summed E-state index contributed by atoms with van der Waals surface area (Å²) in [4.78, 5) is 0. The molecule has 0 aliphatic carbocycles. The summed E-state index contributed by atoms with van der Waals surface area (Å²) in [5.41, 5.74) is 2.50. The number of benzene rings is 2. The minimum absolute atomic E-state index is 0.586. The predicted molar refractivity (Wildman–Crippen MR) is 79.4 cm³/mol. The lowest BCUT2D eigenvalue weighted by Gasteiger charge is -2.13. The fraction of sp³-hybridized carbons (Fsp3) is 0.250. The first-order chi connectivity index (χ1) is 9.82. The van der Waals surface area contributed by atoms with Gasteiger partial charge in [-0.3, -0.25) is 0 Å². The Hall–Kier alpha value is -1.52. The smallest absolute Gasteiger partial charge is 0.316 e. The van der Waals surface area contributed by atoms with E-state index in [0.717, 1.165) is 22.8 Å². The van der Waals surface area contributed by atoms with Gasteiger partial charge in [0.15, 0.2) is 0 Å². The standard InChI is InChI=1S/C16H15ClF3N/c1-10-7-13(16(18,19)20)4-5-14(10)11-3-6-15(17)12(8-11)9-21-2/h3-8,21H,9H2,1-2H3. The SMILES string of the molecule is CNCc1cc(-c2ccc(C(F)(F)F)cc2C)ccc1Cl. The van der Waals surface area contributed by atoms with Crippen LogP contribution < -0.4 is 5.32 Å². The van der Waals surface area contributed by atoms with E-state index in [9.17, 15) is 13.2 Å². The van der Waals surface area contributed by atoms with Crippen molar-refractivity contribution in [3.63, 3.8) is 0 Å². The molecule has 0 aromatic heterocycles. The van der Waals surface area contributed by atoms with Crippen LogP contribution in [-0.4, -0.2) is 7.05 Å². The lowest BCUT2D eigenvalue weighted by molar-refractivity contribution is -0.137. The van der Waals surface area contributed by atoms with Crippen LogP contribution in [0.15, 0.2) is 36.4 Å². The molecule has 0 heterocycles. The first kappa shape index (κ1) is 15.9. The molecule has 0 spiro atoms. The highest BCUT2D eigenvalue weighted by Crippen LogP contribution is 2.34. The summed E-state index contributed by atoms with van der Waals surface area (Å²) in [6.07, 6.45) is -4.32. The van der Waals surface area contributed by atoms with Crippen LogP contribution in [0.5, 0.6) is 0 Å². The Morgan fingerprint density at radius 2 is 1.81 bits per heavy atom. The molecule has 0 bridgehead atoms. The largest absolute Gasteiger partial charge is 0.416 e. The maximum Gasteiger partial charge on any atom is 0.416 e. The van der Waals surface area contributed by atoms with Crippen molar-refractivity contribution < 1.29 is 13.2 Å². The van der Waals surface area contributed by atoms with Crippen LogP contribution in [0.3, 0.4) is 0 Å². The molecular formula is C16H15ClF3N. The average molecular weight is 314 g/mol. The number of aryl methyl sites for hydroxylation is 1. The van der Waals surface area contributed by atoms with E-state index in [1.54, 1.807) is 13.0 Å². The van der Waals surface area contributed by atoms with Crippen molar-refractivity contribution >= 4 is 11.6 Å². The van der Waals surface area contributed by atoms with Gasteiger partial charge < -0.3 is 5.32 Å². The molecule has 0 aliphatic rings. The van der Waals surface area contributed by atoms with Gasteiger partial charge in [0.25, 0.3) is 0 Å². The molecular weight excluding hydrogens is 299 g/mol. The Bertz CT molecular complexity index is 650. The van der Waals surface area contributed by atoms with Crippen molar-refractivity contribution in [2.75, 3.05) is 7.05 Å². The van der Waals surface area contributed by atoms with Crippen molar-refractivity contribution in [3.05, 3.63) is 58.1 Å². The molecule has 5 heteroatoms. The van der Waals surface area contributed by atoms with E-state index >= 15 is 0 Å². The summed E-state index contributed by atoms with van der Waals surface area (Å²) in [5, 5.41) is 3.65. The molecule has 2 rings (SSSR count). The van der Waals surface area contributed by atoms with E-state index < -0.39 is 11.7 Å². The number of rotatable bonds is 3. The quantitative estimate of drug-likeness (QED) is 0.835. The van der Waals surface area contributed by atoms with Gasteiger partial charge >= 0.3 is 6.18 Å². The van der Waals surface area contributed by atoms with Gasteiger partial charge in [0.2, 0.25) is 0 Å². The average Bonchev–Trinajstić information content (AvgIpc) is 2.40. The number of nitrogens with one attached hydrogen (secondary N) is 1. The third-order valence-electron chi connectivity index (χ3n) is 3.28. The van der Waals surface area contributed by atoms with E-state index in [2.05, 4.69) is 5.32 Å². The molecule has 0 fully saturated rings. The molecule has 0 unspecified atom stereocenters. The molecule has 0 amide bonds. The molecule has 0 saturated carbocycles. The maximum atomic E-state index is 12.7. The third kappa shape index (κ3) is 3.57. The minimum Gasteiger partial charge on any atom is -0.316 e. The zero-order valence-electron chi connectivity index (χ0n) is 11.7. The molecule has 2 aromatic carbocycles. The summed E-state index contributed by atoms with van der Waals surface area (Å²) in [5.74, 6) is 0. The zero-order valence-corrected chi connectivity index (χ0v) is 12.4. The second-order valence-corrected chi connectivity index (χ2v) is 5.27. The van der Waals surface area contributed by atoms with Crippen molar-refractivity contribution in [2.45, 2.75) is 19.6 Å². The normalized spacial score (nSPS) is 11.7. The summed E-state index contributed by atoms with van der Waals surface area (Å²) in [6.45, 7) is 2.28. The van der Waals surface area contributed by atoms with E-state index in [1.165, 1.54) is 12.1 Å². The van der Waals surface area contributed by atoms with Crippen molar-refractivity contribution in [1.29, 1.82) is 0 Å². The van der Waals surface area contributed by atoms with Gasteiger partial charge in [-0.1, -0.05) is 23.7 Å². The summed E-state index contributed by atoms with van der Waals surface area (Å²) in [6, 6.07) is 9.26. The van der Waals surface area contributed by atoms with Gasteiger partial charge in [-0.2, -0.15) is 13.2 Å². The van der Waals surface area contributed by atoms with Gasteiger partial charge in [-0.25, -0.2) is 0 Å². The Morgan fingerprint density at radius 3 is 2.38 bits per heavy atom. The van der Waals surface area contributed by atoms with E-state index in [1.807, 2.05) is 19.2 Å². The Morgan fingerprint density at radius 1 is 1.10 bits per heavy atom. The monoisotopic (exact) mass is 313 g/mol. The lowest BCUT2D eigenvalue weighted by atomic mass is 9.97. The van der Waals surface area contributed by atoms with Crippen molar-refractivity contribution in [2.24, 2.45) is 0 Å². The fourth-order valence-corrected chi connectivity index (χ4v) is 2.42. The van der Waals surface area contributed by atoms with Gasteiger partial charge in [0.1, 0.15) is 0 Å². The third-order valence-corrected chi connectivity index (χ3v) is 3.65. The Kier molecular flexibility index (Phi) is 4.59. The molecule has 0 atom stereocenters. The molecule has 1 nitrogen and oxygen atoms in total. The van der Waals surface area contributed by atoms with Crippen molar-refractivity contribution in [3.8, 4) is 11.1 Å². The van der Waals surface area contributed by atoms with E-state index in [4.69, 9.17) is 11.6 Å². The van der Waals surface area contributed by atoms with Crippen LogP contribution in [0.4, 0.5) is 13.2 Å². The minimum atomic E-state index is -4.32. The highest BCUT2D eigenvalue weighted by Gasteiger charge is 2.30. The van der Waals surface area contributed by atoms with Crippen LogP contribution >= 0.6 is 11.6 Å². The number of alkyl halides is 3. The number of hydrogen-bond donors (Lipinski definition) is 1. The van der Waals surface area contributed by atoms with Crippen LogP contribution in [0.25, 0.3) is 11.1 Å². The second-order valence-electron chi connectivity index (χ2n) is 4.86. The Balaban J connectivity index is 2.45. The van der Waals surface area contributed by atoms with Gasteiger partial charge in [-0.05, 0) is 60.5 Å². The molecule has 21 heavy (non-hydrogen) atoms. The lowest BCUT2D eigenvalue weighted by Crippen LogP contribution is -2.06. The Labute approximate surface area is 126 Å². The molecule has 1 N–H and O–H groups in total. The van der Waals surface area contributed by atoms with E-state index in [0.29, 0.717) is 17.1 Å². The van der Waals surface area contributed by atoms with Gasteiger partial charge in [0.05, 0.1) is 5.56 Å². The first-order valence-corrected chi connectivity index (χ1v) is 6.82. The van der Waals surface area contributed by atoms with E-state index in [-0.39, 0.29) is 0 Å². The van der Waals surface area contributed by atoms with Gasteiger partial charge in [-0.15, -0.1) is 0 Å². The molecule has 0 saturated heterocycles. The molecule has 0 radical (unpaired) electrons. The summed E-state index contributed by atoms with van der Waals surface area (Å²) in [7, 11) is 1.81. The van der Waals surface area contributed by atoms with Crippen LogP contribution in [0.1, 0.15) is 16.7 Å². The molecule has 2 aromatic rings. The number of halogens is 4. The molecule has 0 aliphatic heterocycles. The van der Waals surface area contributed by atoms with Crippen molar-refractivity contribution in [1.82, 2.24) is 5.32 Å².